The first-order valence-corrected chi connectivity index (χ1v) is 12.0. The molecule has 1 atom stereocenters. The fourth-order valence-corrected chi connectivity index (χ4v) is 4.80. The molecule has 0 heterocycles. The summed E-state index contributed by atoms with van der Waals surface area (Å²) in [6, 6.07) is 11.8. The van der Waals surface area contributed by atoms with Gasteiger partial charge in [-0.25, -0.2) is 8.42 Å². The van der Waals surface area contributed by atoms with Crippen LogP contribution in [0.3, 0.4) is 0 Å². The Morgan fingerprint density at radius 2 is 1.76 bits per heavy atom. The molecule has 1 aliphatic rings. The number of hydrogen-bond acceptors (Lipinski definition) is 3. The zero-order chi connectivity index (χ0) is 21.2. The number of amides is 1. The number of sulfonamides is 1. The van der Waals surface area contributed by atoms with Crippen molar-refractivity contribution in [3.8, 4) is 0 Å². The average Bonchev–Trinajstić information content (AvgIpc) is 2.67. The van der Waals surface area contributed by atoms with Crippen molar-refractivity contribution in [1.82, 2.24) is 5.32 Å². The second-order valence-electron chi connectivity index (χ2n) is 8.08. The number of benzene rings is 2. The summed E-state index contributed by atoms with van der Waals surface area (Å²) in [5.74, 6) is -0.318. The SMILES string of the molecule is Cc1ccc(C)c(N(CC(=O)N[C@@H](C)c2ccc3c(c2)CCCC3)S(C)(=O)=O)c1. The molecular weight excluding hydrogens is 384 g/mol. The first-order chi connectivity index (χ1) is 13.6. The molecule has 0 bridgehead atoms. The van der Waals surface area contributed by atoms with Gasteiger partial charge in [0.1, 0.15) is 6.54 Å². The quantitative estimate of drug-likeness (QED) is 0.781. The van der Waals surface area contributed by atoms with Gasteiger partial charge in [-0.15, -0.1) is 0 Å². The molecular formula is C23H30N2O3S. The van der Waals surface area contributed by atoms with E-state index in [1.54, 1.807) is 6.07 Å². The summed E-state index contributed by atoms with van der Waals surface area (Å²) in [5, 5.41) is 2.96. The van der Waals surface area contributed by atoms with E-state index in [1.807, 2.05) is 32.9 Å². The van der Waals surface area contributed by atoms with Crippen LogP contribution >= 0.6 is 0 Å². The lowest BCUT2D eigenvalue weighted by atomic mass is 9.89. The van der Waals surface area contributed by atoms with Gasteiger partial charge in [0.2, 0.25) is 15.9 Å². The lowest BCUT2D eigenvalue weighted by molar-refractivity contribution is -0.120. The Kier molecular flexibility index (Phi) is 6.32. The summed E-state index contributed by atoms with van der Waals surface area (Å²) in [4.78, 5) is 12.7. The number of carbonyl (C=O) groups excluding carboxylic acids is 1. The third kappa shape index (κ3) is 5.18. The zero-order valence-corrected chi connectivity index (χ0v) is 18.5. The maximum atomic E-state index is 12.7. The van der Waals surface area contributed by atoms with Crippen LogP contribution in [0.4, 0.5) is 5.69 Å². The van der Waals surface area contributed by atoms with E-state index in [-0.39, 0.29) is 18.5 Å². The molecule has 156 valence electrons. The van der Waals surface area contributed by atoms with Crippen LogP contribution in [-0.4, -0.2) is 27.1 Å². The van der Waals surface area contributed by atoms with Crippen molar-refractivity contribution in [2.24, 2.45) is 0 Å². The number of aryl methyl sites for hydroxylation is 4. The van der Waals surface area contributed by atoms with Gasteiger partial charge in [0.25, 0.3) is 0 Å². The van der Waals surface area contributed by atoms with Gasteiger partial charge in [-0.1, -0.05) is 30.3 Å². The predicted molar refractivity (Wildman–Crippen MR) is 118 cm³/mol. The third-order valence-corrected chi connectivity index (χ3v) is 6.70. The normalized spacial score (nSPS) is 14.8. The Bertz CT molecular complexity index is 1010. The first kappa shape index (κ1) is 21.4. The number of nitrogens with one attached hydrogen (secondary N) is 1. The summed E-state index contributed by atoms with van der Waals surface area (Å²) in [6.45, 7) is 5.45. The van der Waals surface area contributed by atoms with Gasteiger partial charge in [0.15, 0.2) is 0 Å². The number of anilines is 1. The van der Waals surface area contributed by atoms with Gasteiger partial charge in [-0.05, 0) is 80.3 Å². The molecule has 0 spiro atoms. The second kappa shape index (κ2) is 8.57. The Morgan fingerprint density at radius 1 is 1.07 bits per heavy atom. The number of rotatable bonds is 6. The highest BCUT2D eigenvalue weighted by atomic mass is 32.2. The molecule has 0 aliphatic heterocycles. The first-order valence-electron chi connectivity index (χ1n) is 10.1. The van der Waals surface area contributed by atoms with Crippen LogP contribution in [0, 0.1) is 13.8 Å². The molecule has 1 aliphatic carbocycles. The minimum atomic E-state index is -3.59. The van der Waals surface area contributed by atoms with Crippen molar-refractivity contribution >= 4 is 21.6 Å². The number of carbonyl (C=O) groups is 1. The summed E-state index contributed by atoms with van der Waals surface area (Å²) in [5.41, 5.74) is 6.12. The summed E-state index contributed by atoms with van der Waals surface area (Å²) in [6.07, 6.45) is 5.78. The maximum Gasteiger partial charge on any atom is 0.241 e. The van der Waals surface area contributed by atoms with Crippen LogP contribution in [0.2, 0.25) is 0 Å². The Labute approximate surface area is 174 Å². The molecule has 0 aromatic heterocycles. The van der Waals surface area contributed by atoms with E-state index in [0.717, 1.165) is 35.8 Å². The van der Waals surface area contributed by atoms with Gasteiger partial charge in [-0.3, -0.25) is 9.10 Å². The maximum absolute atomic E-state index is 12.7. The van der Waals surface area contributed by atoms with Crippen LogP contribution in [0.25, 0.3) is 0 Å². The zero-order valence-electron chi connectivity index (χ0n) is 17.7. The van der Waals surface area contributed by atoms with E-state index >= 15 is 0 Å². The van der Waals surface area contributed by atoms with Gasteiger partial charge < -0.3 is 5.32 Å². The Balaban J connectivity index is 1.76. The minimum Gasteiger partial charge on any atom is -0.348 e. The minimum absolute atomic E-state index is 0.185. The van der Waals surface area contributed by atoms with E-state index in [0.29, 0.717) is 5.69 Å². The molecule has 0 saturated carbocycles. The monoisotopic (exact) mass is 414 g/mol. The third-order valence-electron chi connectivity index (χ3n) is 5.57. The van der Waals surface area contributed by atoms with Gasteiger partial charge in [-0.2, -0.15) is 0 Å². The predicted octanol–water partition coefficient (Wildman–Crippen LogP) is 3.83. The molecule has 6 heteroatoms. The van der Waals surface area contributed by atoms with E-state index in [9.17, 15) is 13.2 Å². The van der Waals surface area contributed by atoms with Crippen molar-refractivity contribution in [2.45, 2.75) is 52.5 Å². The van der Waals surface area contributed by atoms with Gasteiger partial charge in [0.05, 0.1) is 18.0 Å². The smallest absolute Gasteiger partial charge is 0.241 e. The molecule has 3 rings (SSSR count). The molecule has 0 fully saturated rings. The molecule has 5 nitrogen and oxygen atoms in total. The molecule has 0 unspecified atom stereocenters. The van der Waals surface area contributed by atoms with Crippen molar-refractivity contribution in [1.29, 1.82) is 0 Å². The molecule has 1 amide bonds. The van der Waals surface area contributed by atoms with Crippen LogP contribution in [-0.2, 0) is 27.7 Å². The van der Waals surface area contributed by atoms with E-state index < -0.39 is 10.0 Å². The number of nitrogens with zero attached hydrogens (tertiary/aromatic N) is 1. The highest BCUT2D eigenvalue weighted by molar-refractivity contribution is 7.92. The fourth-order valence-electron chi connectivity index (χ4n) is 3.89. The second-order valence-corrected chi connectivity index (χ2v) is 9.99. The van der Waals surface area contributed by atoms with E-state index in [4.69, 9.17) is 0 Å². The van der Waals surface area contributed by atoms with Crippen molar-refractivity contribution < 1.29 is 13.2 Å². The number of fused-ring (bicyclic) bond motifs is 1. The summed E-state index contributed by atoms with van der Waals surface area (Å²) >= 11 is 0. The topological polar surface area (TPSA) is 66.5 Å². The van der Waals surface area contributed by atoms with E-state index in [1.165, 1.54) is 28.3 Å². The molecule has 0 radical (unpaired) electrons. The molecule has 1 N–H and O–H groups in total. The summed E-state index contributed by atoms with van der Waals surface area (Å²) < 4.78 is 26.0. The lowest BCUT2D eigenvalue weighted by Crippen LogP contribution is -2.41. The molecule has 2 aromatic carbocycles. The van der Waals surface area contributed by atoms with Gasteiger partial charge in [0, 0.05) is 0 Å². The molecule has 0 saturated heterocycles. The van der Waals surface area contributed by atoms with Crippen LogP contribution < -0.4 is 9.62 Å². The number of hydrogen-bond donors (Lipinski definition) is 1. The van der Waals surface area contributed by atoms with Crippen LogP contribution in [0.15, 0.2) is 36.4 Å². The van der Waals surface area contributed by atoms with Crippen molar-refractivity contribution in [3.63, 3.8) is 0 Å². The highest BCUT2D eigenvalue weighted by Gasteiger charge is 2.23. The van der Waals surface area contributed by atoms with Gasteiger partial charge >= 0.3 is 0 Å². The summed E-state index contributed by atoms with van der Waals surface area (Å²) in [7, 11) is -3.59. The molecule has 2 aromatic rings. The largest absolute Gasteiger partial charge is 0.348 e. The van der Waals surface area contributed by atoms with Crippen LogP contribution in [0.5, 0.6) is 0 Å². The molecule has 29 heavy (non-hydrogen) atoms. The fraction of sp³-hybridized carbons (Fsp3) is 0.435. The van der Waals surface area contributed by atoms with E-state index in [2.05, 4.69) is 23.5 Å². The Morgan fingerprint density at radius 3 is 2.45 bits per heavy atom. The lowest BCUT2D eigenvalue weighted by Gasteiger charge is -2.25. The van der Waals surface area contributed by atoms with Crippen molar-refractivity contribution in [3.05, 3.63) is 64.2 Å². The standard InChI is InChI=1S/C23H30N2O3S/c1-16-9-10-17(2)22(13-16)25(29(4,27)28)15-23(26)24-18(3)20-12-11-19-7-5-6-8-21(19)14-20/h9-14,18H,5-8,15H2,1-4H3,(H,24,26)/t18-/m0/s1. The Hall–Kier alpha value is -2.34. The van der Waals surface area contributed by atoms with Crippen LogP contribution in [0.1, 0.15) is 53.6 Å². The average molecular weight is 415 g/mol. The highest BCUT2D eigenvalue weighted by Crippen LogP contribution is 2.26. The van der Waals surface area contributed by atoms with Crippen molar-refractivity contribution in [2.75, 3.05) is 17.1 Å².